The van der Waals surface area contributed by atoms with Gasteiger partial charge in [0.1, 0.15) is 31.3 Å². The van der Waals surface area contributed by atoms with Gasteiger partial charge in [0.2, 0.25) is 17.7 Å². The van der Waals surface area contributed by atoms with E-state index in [1.54, 1.807) is 38.1 Å². The fourth-order valence-electron chi connectivity index (χ4n) is 3.05. The molecule has 0 aliphatic rings. The Morgan fingerprint density at radius 2 is 1.51 bits per heavy atom. The first-order valence-electron chi connectivity index (χ1n) is 11.5. The van der Waals surface area contributed by atoms with Gasteiger partial charge in [-0.15, -0.1) is 0 Å². The van der Waals surface area contributed by atoms with Gasteiger partial charge in [0.05, 0.1) is 0 Å². The van der Waals surface area contributed by atoms with Crippen molar-refractivity contribution < 1.29 is 33.8 Å². The number of hydrogen-bond donors (Lipinski definition) is 5. The molecule has 3 atom stereocenters. The maximum Gasteiger partial charge on any atom is 0.407 e. The van der Waals surface area contributed by atoms with Gasteiger partial charge in [-0.25, -0.2) is 9.59 Å². The topological polar surface area (TPSA) is 163 Å². The Kier molecular flexibility index (Phi) is 12.3. The molecule has 194 valence electrons. The van der Waals surface area contributed by atoms with Crippen LogP contribution in [0.2, 0.25) is 0 Å². The normalized spacial score (nSPS) is 13.3. The van der Waals surface area contributed by atoms with E-state index >= 15 is 0 Å². The van der Waals surface area contributed by atoms with Crippen LogP contribution in [0.4, 0.5) is 4.79 Å². The molecule has 0 radical (unpaired) electrons. The largest absolute Gasteiger partial charge is 0.480 e. The summed E-state index contributed by atoms with van der Waals surface area (Å²) in [5.41, 5.74) is 0.792. The number of ether oxygens (including phenoxy) is 1. The molecule has 0 heterocycles. The van der Waals surface area contributed by atoms with Crippen molar-refractivity contribution in [3.05, 3.63) is 35.9 Å². The molecule has 0 aromatic heterocycles. The second-order valence-electron chi connectivity index (χ2n) is 8.96. The van der Waals surface area contributed by atoms with E-state index in [-0.39, 0.29) is 24.9 Å². The SMILES string of the molecule is CC(C)C[C@H](NC(=O)[C@@H](NC(=O)[C@H](C)NC(=O)CNC(=O)OCc1ccccc1)C(C)C)C(=O)O. The molecule has 1 rings (SSSR count). The second-order valence-corrected chi connectivity index (χ2v) is 8.96. The van der Waals surface area contributed by atoms with Crippen LogP contribution in [0.3, 0.4) is 0 Å². The molecule has 0 saturated heterocycles. The van der Waals surface area contributed by atoms with Gasteiger partial charge in [-0.05, 0) is 30.7 Å². The van der Waals surface area contributed by atoms with E-state index in [1.165, 1.54) is 6.92 Å². The first-order chi connectivity index (χ1) is 16.4. The van der Waals surface area contributed by atoms with Gasteiger partial charge < -0.3 is 31.1 Å². The number of carboxylic acid groups (broad SMARTS) is 1. The highest BCUT2D eigenvalue weighted by molar-refractivity contribution is 5.93. The third kappa shape index (κ3) is 11.4. The Hall–Kier alpha value is -3.63. The van der Waals surface area contributed by atoms with Gasteiger partial charge in [0, 0.05) is 0 Å². The number of hydrogen-bond acceptors (Lipinski definition) is 6. The zero-order valence-electron chi connectivity index (χ0n) is 20.8. The van der Waals surface area contributed by atoms with Gasteiger partial charge in [-0.3, -0.25) is 14.4 Å². The molecule has 0 unspecified atom stereocenters. The fraction of sp³-hybridized carbons (Fsp3) is 0.542. The highest BCUT2D eigenvalue weighted by Gasteiger charge is 2.30. The zero-order valence-corrected chi connectivity index (χ0v) is 20.8. The lowest BCUT2D eigenvalue weighted by Gasteiger charge is -2.26. The van der Waals surface area contributed by atoms with E-state index in [1.807, 2.05) is 19.9 Å². The molecule has 35 heavy (non-hydrogen) atoms. The average Bonchev–Trinajstić information content (AvgIpc) is 2.79. The van der Waals surface area contributed by atoms with E-state index in [2.05, 4.69) is 21.3 Å². The molecule has 5 N–H and O–H groups in total. The van der Waals surface area contributed by atoms with Crippen LogP contribution >= 0.6 is 0 Å². The van der Waals surface area contributed by atoms with Gasteiger partial charge >= 0.3 is 12.1 Å². The third-order valence-electron chi connectivity index (χ3n) is 4.95. The third-order valence-corrected chi connectivity index (χ3v) is 4.95. The number of alkyl carbamates (subject to hydrolysis) is 1. The molecule has 0 aliphatic carbocycles. The lowest BCUT2D eigenvalue weighted by Crippen LogP contribution is -2.57. The smallest absolute Gasteiger partial charge is 0.407 e. The lowest BCUT2D eigenvalue weighted by molar-refractivity contribution is -0.143. The number of amides is 4. The summed E-state index contributed by atoms with van der Waals surface area (Å²) in [4.78, 5) is 60.5. The van der Waals surface area contributed by atoms with Gasteiger partial charge in [-0.1, -0.05) is 58.0 Å². The molecule has 11 nitrogen and oxygen atoms in total. The first kappa shape index (κ1) is 29.4. The van der Waals surface area contributed by atoms with Crippen molar-refractivity contribution in [1.29, 1.82) is 0 Å². The number of nitrogens with one attached hydrogen (secondary N) is 4. The van der Waals surface area contributed by atoms with Crippen LogP contribution in [0.25, 0.3) is 0 Å². The molecule has 0 spiro atoms. The average molecular weight is 493 g/mol. The summed E-state index contributed by atoms with van der Waals surface area (Å²) in [6.07, 6.45) is -0.542. The number of aliphatic carboxylic acids is 1. The molecule has 0 aliphatic heterocycles. The number of carbonyl (C=O) groups excluding carboxylic acids is 4. The molecule has 0 bridgehead atoms. The molecular weight excluding hydrogens is 456 g/mol. The van der Waals surface area contributed by atoms with E-state index in [0.717, 1.165) is 5.56 Å². The standard InChI is InChI=1S/C24H36N4O7/c1-14(2)11-18(23(32)33)27-22(31)20(15(3)4)28-21(30)16(5)26-19(29)12-25-24(34)35-13-17-9-7-6-8-10-17/h6-10,14-16,18,20H,11-13H2,1-5H3,(H,25,34)(H,26,29)(H,27,31)(H,28,30)(H,32,33)/t16-,18-,20-/m0/s1. The van der Waals surface area contributed by atoms with Gasteiger partial charge in [0.25, 0.3) is 0 Å². The predicted octanol–water partition coefficient (Wildman–Crippen LogP) is 1.17. The molecule has 11 heteroatoms. The Bertz CT molecular complexity index is 874. The van der Waals surface area contributed by atoms with Crippen molar-refractivity contribution in [2.75, 3.05) is 6.54 Å². The van der Waals surface area contributed by atoms with Crippen molar-refractivity contribution in [2.24, 2.45) is 11.8 Å². The fourth-order valence-corrected chi connectivity index (χ4v) is 3.05. The molecular formula is C24H36N4O7. The Morgan fingerprint density at radius 1 is 0.886 bits per heavy atom. The number of carboxylic acids is 1. The Labute approximate surface area is 205 Å². The van der Waals surface area contributed by atoms with Gasteiger partial charge in [0.15, 0.2) is 0 Å². The van der Waals surface area contributed by atoms with E-state index in [0.29, 0.717) is 0 Å². The summed E-state index contributed by atoms with van der Waals surface area (Å²) in [6, 6.07) is 5.94. The van der Waals surface area contributed by atoms with E-state index in [9.17, 15) is 29.1 Å². The minimum absolute atomic E-state index is 0.0444. The predicted molar refractivity (Wildman–Crippen MR) is 128 cm³/mol. The molecule has 4 amide bonds. The van der Waals surface area contributed by atoms with Crippen molar-refractivity contribution in [1.82, 2.24) is 21.3 Å². The maximum atomic E-state index is 12.7. The summed E-state index contributed by atoms with van der Waals surface area (Å²) < 4.78 is 5.01. The number of rotatable bonds is 13. The summed E-state index contributed by atoms with van der Waals surface area (Å²) in [7, 11) is 0. The molecule has 0 saturated carbocycles. The monoisotopic (exact) mass is 492 g/mol. The quantitative estimate of drug-likeness (QED) is 0.276. The van der Waals surface area contributed by atoms with E-state index < -0.39 is 54.5 Å². The Morgan fingerprint density at radius 3 is 2.06 bits per heavy atom. The number of carbonyl (C=O) groups is 5. The van der Waals surface area contributed by atoms with Gasteiger partial charge in [-0.2, -0.15) is 0 Å². The van der Waals surface area contributed by atoms with Crippen LogP contribution in [0.15, 0.2) is 30.3 Å². The van der Waals surface area contributed by atoms with Crippen LogP contribution in [0, 0.1) is 11.8 Å². The highest BCUT2D eigenvalue weighted by Crippen LogP contribution is 2.08. The molecule has 0 fully saturated rings. The number of benzene rings is 1. The molecule has 1 aromatic carbocycles. The van der Waals surface area contributed by atoms with Crippen LogP contribution < -0.4 is 21.3 Å². The Balaban J connectivity index is 2.53. The second kappa shape index (κ2) is 14.6. The minimum Gasteiger partial charge on any atom is -0.480 e. The first-order valence-corrected chi connectivity index (χ1v) is 11.5. The van der Waals surface area contributed by atoms with Crippen LogP contribution in [0.1, 0.15) is 46.6 Å². The highest BCUT2D eigenvalue weighted by atomic mass is 16.5. The molecule has 1 aromatic rings. The minimum atomic E-state index is -1.16. The maximum absolute atomic E-state index is 12.7. The van der Waals surface area contributed by atoms with Crippen molar-refractivity contribution in [3.63, 3.8) is 0 Å². The van der Waals surface area contributed by atoms with Crippen LogP contribution in [0.5, 0.6) is 0 Å². The van der Waals surface area contributed by atoms with Crippen molar-refractivity contribution in [3.8, 4) is 0 Å². The van der Waals surface area contributed by atoms with E-state index in [4.69, 9.17) is 4.74 Å². The van der Waals surface area contributed by atoms with Crippen LogP contribution in [-0.4, -0.2) is 59.6 Å². The van der Waals surface area contributed by atoms with Crippen LogP contribution in [-0.2, 0) is 30.5 Å². The van der Waals surface area contributed by atoms with Crippen molar-refractivity contribution >= 4 is 29.8 Å². The summed E-state index contributed by atoms with van der Waals surface area (Å²) in [5, 5.41) is 19.1. The summed E-state index contributed by atoms with van der Waals surface area (Å²) in [6.45, 7) is 8.15. The zero-order chi connectivity index (χ0) is 26.5. The summed E-state index contributed by atoms with van der Waals surface area (Å²) >= 11 is 0. The summed E-state index contributed by atoms with van der Waals surface area (Å²) in [5.74, 6) is -3.33. The lowest BCUT2D eigenvalue weighted by atomic mass is 10.00. The van der Waals surface area contributed by atoms with Crippen molar-refractivity contribution in [2.45, 2.75) is 65.8 Å².